The van der Waals surface area contributed by atoms with Crippen molar-refractivity contribution in [1.82, 2.24) is 4.31 Å². The van der Waals surface area contributed by atoms with Gasteiger partial charge < -0.3 is 9.47 Å². The Morgan fingerprint density at radius 3 is 2.45 bits per heavy atom. The molecule has 110 valence electrons. The third-order valence-corrected chi connectivity index (χ3v) is 5.27. The van der Waals surface area contributed by atoms with E-state index in [9.17, 15) is 13.2 Å². The fraction of sp³-hybridized carbons (Fsp3) is 0.462. The zero-order chi connectivity index (χ0) is 14.8. The van der Waals surface area contributed by atoms with Gasteiger partial charge in [0.05, 0.1) is 19.1 Å². The molecule has 0 amide bonds. The van der Waals surface area contributed by atoms with Gasteiger partial charge in [-0.3, -0.25) is 4.79 Å². The van der Waals surface area contributed by atoms with Crippen molar-refractivity contribution in [1.29, 1.82) is 0 Å². The molecule has 1 atom stereocenters. The molecule has 20 heavy (non-hydrogen) atoms. The van der Waals surface area contributed by atoms with Gasteiger partial charge in [0, 0.05) is 6.54 Å². The molecule has 1 aromatic carbocycles. The van der Waals surface area contributed by atoms with Crippen LogP contribution in [0, 0.1) is 0 Å². The first-order valence-corrected chi connectivity index (χ1v) is 7.68. The zero-order valence-corrected chi connectivity index (χ0v) is 12.2. The average molecular weight is 299 g/mol. The number of nitrogens with zero attached hydrogens (tertiary/aromatic N) is 1. The van der Waals surface area contributed by atoms with Crippen LogP contribution in [0.15, 0.2) is 29.2 Å². The van der Waals surface area contributed by atoms with Gasteiger partial charge in [0.2, 0.25) is 10.0 Å². The van der Waals surface area contributed by atoms with Crippen molar-refractivity contribution in [2.24, 2.45) is 0 Å². The topological polar surface area (TPSA) is 72.9 Å². The number of carbonyl (C=O) groups excluding carboxylic acids is 1. The van der Waals surface area contributed by atoms with Gasteiger partial charge in [-0.05, 0) is 37.1 Å². The Balaban J connectivity index is 2.31. The number of hydrogen-bond acceptors (Lipinski definition) is 5. The molecule has 1 aromatic rings. The van der Waals surface area contributed by atoms with Gasteiger partial charge in [-0.2, -0.15) is 4.31 Å². The molecule has 1 aliphatic heterocycles. The molecular formula is C13H17NO5S. The van der Waals surface area contributed by atoms with Crippen LogP contribution >= 0.6 is 0 Å². The molecule has 0 radical (unpaired) electrons. The van der Waals surface area contributed by atoms with E-state index in [-0.39, 0.29) is 4.90 Å². The highest BCUT2D eigenvalue weighted by Crippen LogP contribution is 2.27. The van der Waals surface area contributed by atoms with Crippen LogP contribution in [-0.2, 0) is 19.6 Å². The number of esters is 1. The van der Waals surface area contributed by atoms with Crippen molar-refractivity contribution >= 4 is 16.0 Å². The molecular weight excluding hydrogens is 282 g/mol. The molecule has 0 unspecified atom stereocenters. The third-order valence-electron chi connectivity index (χ3n) is 3.34. The maximum Gasteiger partial charge on any atom is 0.324 e. The van der Waals surface area contributed by atoms with Crippen LogP contribution in [0.3, 0.4) is 0 Å². The van der Waals surface area contributed by atoms with Gasteiger partial charge in [-0.1, -0.05) is 0 Å². The maximum atomic E-state index is 12.5. The van der Waals surface area contributed by atoms with Gasteiger partial charge in [0.25, 0.3) is 0 Å². The first kappa shape index (κ1) is 14.8. The lowest BCUT2D eigenvalue weighted by Gasteiger charge is -2.22. The fourth-order valence-electron chi connectivity index (χ4n) is 2.28. The van der Waals surface area contributed by atoms with E-state index in [0.29, 0.717) is 25.1 Å². The first-order valence-electron chi connectivity index (χ1n) is 6.24. The molecule has 0 aromatic heterocycles. The molecule has 7 heteroatoms. The number of sulfonamides is 1. The summed E-state index contributed by atoms with van der Waals surface area (Å²) in [6.07, 6.45) is 1.14. The van der Waals surface area contributed by atoms with Crippen molar-refractivity contribution in [3.05, 3.63) is 24.3 Å². The molecule has 1 fully saturated rings. The normalized spacial score (nSPS) is 19.8. The third kappa shape index (κ3) is 2.64. The van der Waals surface area contributed by atoms with Crippen molar-refractivity contribution < 1.29 is 22.7 Å². The molecule has 0 spiro atoms. The summed E-state index contributed by atoms with van der Waals surface area (Å²) in [7, 11) is -0.917. The number of methoxy groups -OCH3 is 2. The zero-order valence-electron chi connectivity index (χ0n) is 11.4. The quantitative estimate of drug-likeness (QED) is 0.776. The molecule has 1 aliphatic rings. The van der Waals surface area contributed by atoms with Crippen LogP contribution in [0.1, 0.15) is 12.8 Å². The molecule has 0 aliphatic carbocycles. The maximum absolute atomic E-state index is 12.5. The van der Waals surface area contributed by atoms with Crippen LogP contribution in [0.5, 0.6) is 5.75 Å². The van der Waals surface area contributed by atoms with Crippen LogP contribution in [0.4, 0.5) is 0 Å². The monoisotopic (exact) mass is 299 g/mol. The molecule has 6 nitrogen and oxygen atoms in total. The summed E-state index contributed by atoms with van der Waals surface area (Å²) in [4.78, 5) is 11.8. The standard InChI is InChI=1S/C13H17NO5S/c1-18-10-5-7-11(8-6-10)20(16,17)14-9-3-4-12(14)13(15)19-2/h5-8,12H,3-4,9H2,1-2H3/t12-/m0/s1. The number of ether oxygens (including phenoxy) is 2. The van der Waals surface area contributed by atoms with Crippen molar-refractivity contribution in [3.63, 3.8) is 0 Å². The highest BCUT2D eigenvalue weighted by molar-refractivity contribution is 7.89. The minimum atomic E-state index is -3.69. The lowest BCUT2D eigenvalue weighted by atomic mass is 10.2. The van der Waals surface area contributed by atoms with E-state index in [0.717, 1.165) is 0 Å². The minimum Gasteiger partial charge on any atom is -0.497 e. The summed E-state index contributed by atoms with van der Waals surface area (Å²) in [5.41, 5.74) is 0. The highest BCUT2D eigenvalue weighted by atomic mass is 32.2. The van der Waals surface area contributed by atoms with Gasteiger partial charge in [-0.25, -0.2) is 8.42 Å². The van der Waals surface area contributed by atoms with Crippen LogP contribution in [0.2, 0.25) is 0 Å². The molecule has 0 N–H and O–H groups in total. The summed E-state index contributed by atoms with van der Waals surface area (Å²) >= 11 is 0. The molecule has 1 saturated heterocycles. The van der Waals surface area contributed by atoms with Crippen molar-refractivity contribution in [3.8, 4) is 5.75 Å². The number of rotatable bonds is 4. The predicted molar refractivity (Wildman–Crippen MR) is 71.9 cm³/mol. The average Bonchev–Trinajstić information content (AvgIpc) is 2.96. The predicted octanol–water partition coefficient (Wildman–Crippen LogP) is 1.02. The van der Waals surface area contributed by atoms with E-state index in [1.165, 1.54) is 30.7 Å². The van der Waals surface area contributed by atoms with Gasteiger partial charge in [0.15, 0.2) is 0 Å². The Kier molecular flexibility index (Phi) is 4.29. The second-order valence-corrected chi connectivity index (χ2v) is 6.36. The van der Waals surface area contributed by atoms with Gasteiger partial charge in [0.1, 0.15) is 11.8 Å². The van der Waals surface area contributed by atoms with E-state index in [1.807, 2.05) is 0 Å². The van der Waals surface area contributed by atoms with Crippen molar-refractivity contribution in [2.45, 2.75) is 23.8 Å². The Bertz CT molecular complexity index is 581. The van der Waals surface area contributed by atoms with Crippen LogP contribution in [0.25, 0.3) is 0 Å². The Morgan fingerprint density at radius 2 is 1.90 bits per heavy atom. The number of benzene rings is 1. The van der Waals surface area contributed by atoms with Gasteiger partial charge >= 0.3 is 5.97 Å². The number of hydrogen-bond donors (Lipinski definition) is 0. The van der Waals surface area contributed by atoms with Crippen molar-refractivity contribution in [2.75, 3.05) is 20.8 Å². The van der Waals surface area contributed by atoms with E-state index in [2.05, 4.69) is 4.74 Å². The van der Waals surface area contributed by atoms with E-state index in [1.54, 1.807) is 12.1 Å². The molecule has 0 saturated carbocycles. The Hall–Kier alpha value is -1.60. The van der Waals surface area contributed by atoms with Gasteiger partial charge in [-0.15, -0.1) is 0 Å². The SMILES string of the molecule is COC(=O)[C@@H]1CCCN1S(=O)(=O)c1ccc(OC)cc1. The summed E-state index contributed by atoms with van der Waals surface area (Å²) in [5.74, 6) is 0.0643. The molecule has 1 heterocycles. The Morgan fingerprint density at radius 1 is 1.25 bits per heavy atom. The Labute approximate surface area is 118 Å². The van der Waals surface area contributed by atoms with E-state index in [4.69, 9.17) is 4.74 Å². The van der Waals surface area contributed by atoms with E-state index >= 15 is 0 Å². The second-order valence-electron chi connectivity index (χ2n) is 4.47. The lowest BCUT2D eigenvalue weighted by Crippen LogP contribution is -2.40. The second kappa shape index (κ2) is 5.80. The van der Waals surface area contributed by atoms with E-state index < -0.39 is 22.0 Å². The smallest absolute Gasteiger partial charge is 0.324 e. The first-order chi connectivity index (χ1) is 9.50. The van der Waals surface area contributed by atoms with Crippen LogP contribution in [-0.4, -0.2) is 45.5 Å². The fourth-order valence-corrected chi connectivity index (χ4v) is 3.93. The number of carbonyl (C=O) groups is 1. The summed E-state index contributed by atoms with van der Waals surface area (Å²) in [5, 5.41) is 0. The minimum absolute atomic E-state index is 0.147. The largest absolute Gasteiger partial charge is 0.497 e. The highest BCUT2D eigenvalue weighted by Gasteiger charge is 2.40. The summed E-state index contributed by atoms with van der Waals surface area (Å²) < 4.78 is 36.0. The summed E-state index contributed by atoms with van der Waals surface area (Å²) in [6, 6.07) is 5.38. The molecule has 0 bridgehead atoms. The summed E-state index contributed by atoms with van der Waals surface area (Å²) in [6.45, 7) is 0.328. The molecule has 2 rings (SSSR count). The lowest BCUT2D eigenvalue weighted by molar-refractivity contribution is -0.144. The van der Waals surface area contributed by atoms with Crippen LogP contribution < -0.4 is 4.74 Å².